The van der Waals surface area contributed by atoms with E-state index in [4.69, 9.17) is 0 Å². The molecule has 6 nitrogen and oxygen atoms in total. The molecule has 25 heavy (non-hydrogen) atoms. The van der Waals surface area contributed by atoms with Crippen LogP contribution in [-0.4, -0.2) is 35.7 Å². The lowest BCUT2D eigenvalue weighted by Crippen LogP contribution is -2.42. The van der Waals surface area contributed by atoms with Crippen molar-refractivity contribution in [3.8, 4) is 0 Å². The second-order valence-electron chi connectivity index (χ2n) is 7.01. The molecule has 1 amide bonds. The van der Waals surface area contributed by atoms with E-state index in [1.807, 2.05) is 43.3 Å². The van der Waals surface area contributed by atoms with Crippen molar-refractivity contribution >= 4 is 17.4 Å². The quantitative estimate of drug-likeness (QED) is 0.780. The first-order valence-corrected chi connectivity index (χ1v) is 8.70. The van der Waals surface area contributed by atoms with Gasteiger partial charge < -0.3 is 16.0 Å². The van der Waals surface area contributed by atoms with E-state index in [2.05, 4.69) is 33.1 Å². The summed E-state index contributed by atoms with van der Waals surface area (Å²) in [5.41, 5.74) is 2.50. The second-order valence-corrected chi connectivity index (χ2v) is 7.01. The number of nitrogens with one attached hydrogen (secondary N) is 3. The smallest absolute Gasteiger partial charge is 0.251 e. The van der Waals surface area contributed by atoms with E-state index in [1.54, 1.807) is 0 Å². The van der Waals surface area contributed by atoms with Crippen molar-refractivity contribution in [2.45, 2.75) is 26.7 Å². The predicted octanol–water partition coefficient (Wildman–Crippen LogP) is 2.65. The highest BCUT2D eigenvalue weighted by Gasteiger charge is 2.27. The van der Waals surface area contributed by atoms with Crippen molar-refractivity contribution in [1.29, 1.82) is 0 Å². The molecule has 1 aliphatic rings. The summed E-state index contributed by atoms with van der Waals surface area (Å²) in [4.78, 5) is 12.5. The Hall–Kier alpha value is -2.47. The van der Waals surface area contributed by atoms with E-state index in [1.165, 1.54) is 0 Å². The van der Waals surface area contributed by atoms with E-state index >= 15 is 0 Å². The Morgan fingerprint density at radius 1 is 1.20 bits per heavy atom. The number of nitrogens with zero attached hydrogens (tertiary/aromatic N) is 2. The molecule has 0 saturated carbocycles. The van der Waals surface area contributed by atoms with E-state index < -0.39 is 0 Å². The summed E-state index contributed by atoms with van der Waals surface area (Å²) < 4.78 is 0. The van der Waals surface area contributed by atoms with Crippen molar-refractivity contribution in [3.05, 3.63) is 47.7 Å². The fourth-order valence-corrected chi connectivity index (χ4v) is 2.95. The molecule has 1 saturated heterocycles. The van der Waals surface area contributed by atoms with Gasteiger partial charge in [0.25, 0.3) is 5.91 Å². The fourth-order valence-electron chi connectivity index (χ4n) is 2.95. The lowest BCUT2D eigenvalue weighted by atomic mass is 9.81. The zero-order chi connectivity index (χ0) is 17.7. The average Bonchev–Trinajstić information content (AvgIpc) is 2.63. The molecule has 0 bridgehead atoms. The summed E-state index contributed by atoms with van der Waals surface area (Å²) in [5, 5.41) is 17.7. The zero-order valence-electron chi connectivity index (χ0n) is 14.8. The van der Waals surface area contributed by atoms with Gasteiger partial charge in [-0.05, 0) is 68.6 Å². The molecule has 2 heterocycles. The molecule has 3 rings (SSSR count). The number of hydrogen-bond donors (Lipinski definition) is 3. The first-order chi connectivity index (χ1) is 12.0. The molecule has 2 aromatic rings. The molecule has 0 atom stereocenters. The molecule has 3 N–H and O–H groups in total. The van der Waals surface area contributed by atoms with Gasteiger partial charge in [-0.2, -0.15) is 5.10 Å². The number of benzene rings is 1. The first-order valence-electron chi connectivity index (χ1n) is 8.70. The third kappa shape index (κ3) is 4.76. The van der Waals surface area contributed by atoms with Gasteiger partial charge >= 0.3 is 0 Å². The van der Waals surface area contributed by atoms with Crippen molar-refractivity contribution in [3.63, 3.8) is 0 Å². The maximum Gasteiger partial charge on any atom is 0.251 e. The molecule has 1 aromatic heterocycles. The number of piperidine rings is 1. The van der Waals surface area contributed by atoms with Crippen LogP contribution in [0.25, 0.3) is 0 Å². The SMILES string of the molecule is Cc1ccc(Nc2cccc(C(=O)NCC3(C)CCNCC3)c2)nn1. The van der Waals surface area contributed by atoms with Gasteiger partial charge in [-0.15, -0.1) is 5.10 Å². The standard InChI is InChI=1S/C19H25N5O/c1-14-6-7-17(24-23-14)22-16-5-3-4-15(12-16)18(25)21-13-19(2)8-10-20-11-9-19/h3-7,12,20H,8-11,13H2,1-2H3,(H,21,25)(H,22,24). The Morgan fingerprint density at radius 2 is 2.00 bits per heavy atom. The topological polar surface area (TPSA) is 78.9 Å². The fraction of sp³-hybridized carbons (Fsp3) is 0.421. The normalized spacial score (nSPS) is 16.2. The molecule has 1 aliphatic heterocycles. The Morgan fingerprint density at radius 3 is 2.72 bits per heavy atom. The molecule has 132 valence electrons. The van der Waals surface area contributed by atoms with Crippen molar-refractivity contribution < 1.29 is 4.79 Å². The summed E-state index contributed by atoms with van der Waals surface area (Å²) in [6.45, 7) is 6.87. The van der Waals surface area contributed by atoms with Gasteiger partial charge in [-0.25, -0.2) is 0 Å². The Labute approximate surface area is 148 Å². The van der Waals surface area contributed by atoms with Gasteiger partial charge in [0.15, 0.2) is 5.82 Å². The maximum atomic E-state index is 12.5. The highest BCUT2D eigenvalue weighted by molar-refractivity contribution is 5.95. The van der Waals surface area contributed by atoms with Gasteiger partial charge in [-0.3, -0.25) is 4.79 Å². The monoisotopic (exact) mass is 339 g/mol. The summed E-state index contributed by atoms with van der Waals surface area (Å²) in [7, 11) is 0. The number of carbonyl (C=O) groups is 1. The number of carbonyl (C=O) groups excluding carboxylic acids is 1. The number of anilines is 2. The molecule has 0 unspecified atom stereocenters. The lowest BCUT2D eigenvalue weighted by molar-refractivity contribution is 0.0922. The number of aryl methyl sites for hydroxylation is 1. The molecule has 1 fully saturated rings. The van der Waals surface area contributed by atoms with Crippen LogP contribution in [0, 0.1) is 12.3 Å². The summed E-state index contributed by atoms with van der Waals surface area (Å²) >= 11 is 0. The Kier molecular flexibility index (Phi) is 5.28. The Bertz CT molecular complexity index is 723. The number of rotatable bonds is 5. The van der Waals surface area contributed by atoms with Crippen molar-refractivity contribution in [2.75, 3.05) is 25.0 Å². The summed E-state index contributed by atoms with van der Waals surface area (Å²) in [5.74, 6) is 0.615. The van der Waals surface area contributed by atoms with Crippen LogP contribution in [0.2, 0.25) is 0 Å². The largest absolute Gasteiger partial charge is 0.351 e. The number of aromatic nitrogens is 2. The van der Waals surface area contributed by atoms with E-state index in [9.17, 15) is 4.79 Å². The van der Waals surface area contributed by atoms with Crippen LogP contribution in [0.1, 0.15) is 35.8 Å². The third-order valence-electron chi connectivity index (χ3n) is 4.68. The van der Waals surface area contributed by atoms with Crippen molar-refractivity contribution in [2.24, 2.45) is 5.41 Å². The molecule has 0 radical (unpaired) electrons. The van der Waals surface area contributed by atoms with Gasteiger partial charge in [0.05, 0.1) is 5.69 Å². The van der Waals surface area contributed by atoms with E-state index in [-0.39, 0.29) is 11.3 Å². The van der Waals surface area contributed by atoms with Crippen LogP contribution in [-0.2, 0) is 0 Å². The number of amides is 1. The minimum absolute atomic E-state index is 0.0432. The molecule has 6 heteroatoms. The first kappa shape index (κ1) is 17.4. The third-order valence-corrected chi connectivity index (χ3v) is 4.68. The molecular weight excluding hydrogens is 314 g/mol. The molecular formula is C19H25N5O. The summed E-state index contributed by atoms with van der Waals surface area (Å²) in [6.07, 6.45) is 2.17. The van der Waals surface area contributed by atoms with E-state index in [0.717, 1.165) is 37.3 Å². The van der Waals surface area contributed by atoms with Crippen molar-refractivity contribution in [1.82, 2.24) is 20.8 Å². The molecule has 0 aliphatic carbocycles. The number of hydrogen-bond acceptors (Lipinski definition) is 5. The van der Waals surface area contributed by atoms with Crippen LogP contribution in [0.5, 0.6) is 0 Å². The summed E-state index contributed by atoms with van der Waals surface area (Å²) in [6, 6.07) is 11.2. The van der Waals surface area contributed by atoms with Crippen LogP contribution in [0.4, 0.5) is 11.5 Å². The van der Waals surface area contributed by atoms with Crippen LogP contribution < -0.4 is 16.0 Å². The van der Waals surface area contributed by atoms with E-state index in [0.29, 0.717) is 17.9 Å². The van der Waals surface area contributed by atoms with Crippen LogP contribution in [0.3, 0.4) is 0 Å². The van der Waals surface area contributed by atoms with Gasteiger partial charge in [0.1, 0.15) is 0 Å². The Balaban J connectivity index is 1.62. The average molecular weight is 339 g/mol. The second kappa shape index (κ2) is 7.61. The minimum Gasteiger partial charge on any atom is -0.351 e. The highest BCUT2D eigenvalue weighted by atomic mass is 16.1. The predicted molar refractivity (Wildman–Crippen MR) is 99.0 cm³/mol. The van der Waals surface area contributed by atoms with Crippen LogP contribution >= 0.6 is 0 Å². The van der Waals surface area contributed by atoms with Gasteiger partial charge in [-0.1, -0.05) is 13.0 Å². The zero-order valence-corrected chi connectivity index (χ0v) is 14.8. The van der Waals surface area contributed by atoms with Gasteiger partial charge in [0, 0.05) is 17.8 Å². The minimum atomic E-state index is -0.0432. The van der Waals surface area contributed by atoms with Crippen LogP contribution in [0.15, 0.2) is 36.4 Å². The molecule has 0 spiro atoms. The lowest BCUT2D eigenvalue weighted by Gasteiger charge is -2.34. The highest BCUT2D eigenvalue weighted by Crippen LogP contribution is 2.26. The van der Waals surface area contributed by atoms with Gasteiger partial charge in [0.2, 0.25) is 0 Å². The maximum absolute atomic E-state index is 12.5. The molecule has 1 aromatic carbocycles.